The second kappa shape index (κ2) is 7.85. The molecule has 2 fully saturated rings. The van der Waals surface area contributed by atoms with Gasteiger partial charge in [-0.1, -0.05) is 19.4 Å². The molecule has 1 aliphatic heterocycles. The number of imide groups is 1. The fourth-order valence-corrected chi connectivity index (χ4v) is 4.29. The van der Waals surface area contributed by atoms with E-state index in [0.29, 0.717) is 24.4 Å². The van der Waals surface area contributed by atoms with E-state index in [1.54, 1.807) is 12.1 Å². The van der Waals surface area contributed by atoms with Gasteiger partial charge in [0.05, 0.1) is 5.69 Å². The van der Waals surface area contributed by atoms with Crippen molar-refractivity contribution < 1.29 is 14.4 Å². The van der Waals surface area contributed by atoms with E-state index in [2.05, 4.69) is 33.1 Å². The van der Waals surface area contributed by atoms with E-state index in [-0.39, 0.29) is 12.5 Å². The number of carbonyl (C=O) groups is 3. The zero-order valence-corrected chi connectivity index (χ0v) is 17.1. The first-order chi connectivity index (χ1) is 14.4. The molecule has 10 nitrogen and oxygen atoms in total. The van der Waals surface area contributed by atoms with Gasteiger partial charge in [0.15, 0.2) is 0 Å². The molecule has 1 saturated carbocycles. The third-order valence-electron chi connectivity index (χ3n) is 6.17. The summed E-state index contributed by atoms with van der Waals surface area (Å²) in [6, 6.07) is 4.83. The van der Waals surface area contributed by atoms with Crippen LogP contribution >= 0.6 is 0 Å². The second-order valence-corrected chi connectivity index (χ2v) is 8.06. The molecule has 2 aliphatic rings. The summed E-state index contributed by atoms with van der Waals surface area (Å²) in [6.45, 7) is 3.73. The van der Waals surface area contributed by atoms with Crippen LogP contribution in [0.5, 0.6) is 0 Å². The van der Waals surface area contributed by atoms with Crippen molar-refractivity contribution in [1.82, 2.24) is 30.4 Å². The quantitative estimate of drug-likeness (QED) is 0.724. The van der Waals surface area contributed by atoms with Crippen LogP contribution in [0, 0.1) is 12.8 Å². The molecular weight excluding hydrogens is 386 g/mol. The fraction of sp³-hybridized carbons (Fsp3) is 0.500. The molecule has 2 heterocycles. The van der Waals surface area contributed by atoms with Crippen LogP contribution in [0.4, 0.5) is 10.5 Å². The van der Waals surface area contributed by atoms with Crippen LogP contribution in [0.1, 0.15) is 44.6 Å². The molecule has 4 amide bonds. The number of rotatable bonds is 5. The van der Waals surface area contributed by atoms with Crippen molar-refractivity contribution in [3.63, 3.8) is 0 Å². The van der Waals surface area contributed by atoms with Gasteiger partial charge in [-0.05, 0) is 66.6 Å². The van der Waals surface area contributed by atoms with Crippen LogP contribution in [0.15, 0.2) is 24.5 Å². The molecule has 158 valence electrons. The van der Waals surface area contributed by atoms with E-state index in [0.717, 1.165) is 35.4 Å². The molecule has 30 heavy (non-hydrogen) atoms. The van der Waals surface area contributed by atoms with Gasteiger partial charge in [0, 0.05) is 5.69 Å². The lowest BCUT2D eigenvalue weighted by atomic mass is 9.75. The molecule has 0 atom stereocenters. The van der Waals surface area contributed by atoms with Crippen molar-refractivity contribution in [2.24, 2.45) is 5.92 Å². The Hall–Kier alpha value is -3.30. The Morgan fingerprint density at radius 2 is 2.07 bits per heavy atom. The summed E-state index contributed by atoms with van der Waals surface area (Å²) in [4.78, 5) is 39.0. The first-order valence-electron chi connectivity index (χ1n) is 10.2. The van der Waals surface area contributed by atoms with Crippen molar-refractivity contribution in [2.45, 2.75) is 51.5 Å². The zero-order valence-electron chi connectivity index (χ0n) is 17.1. The van der Waals surface area contributed by atoms with E-state index in [1.807, 2.05) is 13.0 Å². The van der Waals surface area contributed by atoms with Gasteiger partial charge in [-0.15, -0.1) is 5.10 Å². The first kappa shape index (κ1) is 20.0. The number of benzene rings is 1. The smallest absolute Gasteiger partial charge is 0.324 e. The summed E-state index contributed by atoms with van der Waals surface area (Å²) in [5.41, 5.74) is 1.33. The standard InChI is InChI=1S/C20H25N7O3/c1-3-14-6-8-20(9-7-14)18(29)26(19(30)23-20)11-17(28)22-15-5-4-13(2)16(10-15)27-12-21-24-25-27/h4-5,10,12,14H,3,6-9,11H2,1-2H3,(H,22,28)(H,23,30). The average Bonchev–Trinajstić information content (AvgIpc) is 3.34. The maximum atomic E-state index is 13.0. The SMILES string of the molecule is CCC1CCC2(CC1)NC(=O)N(CC(=O)Nc1ccc(C)c(-n3cnnn3)c1)C2=O. The summed E-state index contributed by atoms with van der Waals surface area (Å²) < 4.78 is 1.50. The summed E-state index contributed by atoms with van der Waals surface area (Å²) in [5.74, 6) is -0.145. The molecule has 1 aromatic carbocycles. The van der Waals surface area contributed by atoms with Gasteiger partial charge in [-0.2, -0.15) is 0 Å². The Labute approximate surface area is 174 Å². The van der Waals surface area contributed by atoms with Crippen LogP contribution in [0.2, 0.25) is 0 Å². The van der Waals surface area contributed by atoms with Crippen molar-refractivity contribution in [2.75, 3.05) is 11.9 Å². The number of aromatic nitrogens is 4. The second-order valence-electron chi connectivity index (χ2n) is 8.06. The first-order valence-corrected chi connectivity index (χ1v) is 10.2. The number of hydrogen-bond acceptors (Lipinski definition) is 6. The van der Waals surface area contributed by atoms with Gasteiger partial charge in [0.25, 0.3) is 5.91 Å². The normalized spacial score (nSPS) is 23.7. The van der Waals surface area contributed by atoms with E-state index < -0.39 is 17.5 Å². The highest BCUT2D eigenvalue weighted by atomic mass is 16.2. The maximum Gasteiger partial charge on any atom is 0.325 e. The predicted octanol–water partition coefficient (Wildman–Crippen LogP) is 1.80. The molecule has 0 bridgehead atoms. The highest BCUT2D eigenvalue weighted by molar-refractivity contribution is 6.10. The largest absolute Gasteiger partial charge is 0.325 e. The molecule has 1 saturated heterocycles. The number of urea groups is 1. The number of hydrogen-bond donors (Lipinski definition) is 2. The fourth-order valence-electron chi connectivity index (χ4n) is 4.29. The van der Waals surface area contributed by atoms with Crippen molar-refractivity contribution >= 4 is 23.5 Å². The molecule has 4 rings (SSSR count). The lowest BCUT2D eigenvalue weighted by molar-refractivity contribution is -0.135. The lowest BCUT2D eigenvalue weighted by Crippen LogP contribution is -2.49. The molecule has 1 aliphatic carbocycles. The van der Waals surface area contributed by atoms with Crippen molar-refractivity contribution in [3.8, 4) is 5.69 Å². The monoisotopic (exact) mass is 411 g/mol. The molecule has 1 aromatic heterocycles. The minimum atomic E-state index is -0.847. The highest BCUT2D eigenvalue weighted by Gasteiger charge is 2.52. The lowest BCUT2D eigenvalue weighted by Gasteiger charge is -2.34. The minimum absolute atomic E-state index is 0.296. The zero-order chi connectivity index (χ0) is 21.3. The summed E-state index contributed by atoms with van der Waals surface area (Å²) >= 11 is 0. The number of anilines is 1. The van der Waals surface area contributed by atoms with Crippen LogP contribution < -0.4 is 10.6 Å². The summed E-state index contributed by atoms with van der Waals surface area (Å²) in [6.07, 6.45) is 5.61. The van der Waals surface area contributed by atoms with Crippen molar-refractivity contribution in [1.29, 1.82) is 0 Å². The maximum absolute atomic E-state index is 13.0. The molecule has 0 radical (unpaired) electrons. The molecule has 1 spiro atoms. The predicted molar refractivity (Wildman–Crippen MR) is 108 cm³/mol. The molecule has 10 heteroatoms. The highest BCUT2D eigenvalue weighted by Crippen LogP contribution is 2.37. The van der Waals surface area contributed by atoms with Gasteiger partial charge in [0.1, 0.15) is 18.4 Å². The Kier molecular flexibility index (Phi) is 5.23. The summed E-state index contributed by atoms with van der Waals surface area (Å²) in [7, 11) is 0. The molecule has 2 aromatic rings. The minimum Gasteiger partial charge on any atom is -0.324 e. The van der Waals surface area contributed by atoms with Gasteiger partial charge < -0.3 is 10.6 Å². The Balaban J connectivity index is 1.43. The number of carbonyl (C=O) groups excluding carboxylic acids is 3. The topological polar surface area (TPSA) is 122 Å². The average molecular weight is 411 g/mol. The van der Waals surface area contributed by atoms with Gasteiger partial charge in [-0.25, -0.2) is 9.48 Å². The van der Waals surface area contributed by atoms with Crippen LogP contribution in [0.3, 0.4) is 0 Å². The van der Waals surface area contributed by atoms with Crippen LogP contribution in [0.25, 0.3) is 5.69 Å². The Morgan fingerprint density at radius 1 is 1.30 bits per heavy atom. The number of nitrogens with zero attached hydrogens (tertiary/aromatic N) is 5. The molecule has 2 N–H and O–H groups in total. The van der Waals surface area contributed by atoms with E-state index >= 15 is 0 Å². The van der Waals surface area contributed by atoms with E-state index in [1.165, 1.54) is 11.0 Å². The number of amides is 4. The number of aryl methyl sites for hydroxylation is 1. The van der Waals surface area contributed by atoms with E-state index in [4.69, 9.17) is 0 Å². The van der Waals surface area contributed by atoms with Gasteiger partial charge in [-0.3, -0.25) is 14.5 Å². The number of tetrazole rings is 1. The van der Waals surface area contributed by atoms with Gasteiger partial charge >= 0.3 is 6.03 Å². The summed E-state index contributed by atoms with van der Waals surface area (Å²) in [5, 5.41) is 16.7. The Bertz CT molecular complexity index is 965. The van der Waals surface area contributed by atoms with Crippen molar-refractivity contribution in [3.05, 3.63) is 30.1 Å². The third-order valence-corrected chi connectivity index (χ3v) is 6.17. The number of nitrogens with one attached hydrogen (secondary N) is 2. The molecule has 0 unspecified atom stereocenters. The third kappa shape index (κ3) is 3.64. The van der Waals surface area contributed by atoms with E-state index in [9.17, 15) is 14.4 Å². The molecular formula is C20H25N7O3. The van der Waals surface area contributed by atoms with Gasteiger partial charge in [0.2, 0.25) is 5.91 Å². The van der Waals surface area contributed by atoms with Crippen LogP contribution in [-0.2, 0) is 9.59 Å². The Morgan fingerprint density at radius 3 is 2.73 bits per heavy atom. The van der Waals surface area contributed by atoms with Crippen LogP contribution in [-0.4, -0.2) is 55.0 Å².